The molecule has 4 aromatic rings. The maximum absolute atomic E-state index is 13.3. The largest absolute Gasteiger partial charge is 0.472 e. The van der Waals surface area contributed by atoms with Crippen LogP contribution in [0.4, 0.5) is 0 Å². The first kappa shape index (κ1) is 55.5. The molecule has 4 rings (SSSR count). The molecule has 0 aliphatic carbocycles. The van der Waals surface area contributed by atoms with Crippen molar-refractivity contribution in [2.45, 2.75) is 205 Å². The molecule has 11 nitrogen and oxygen atoms in total. The van der Waals surface area contributed by atoms with Crippen LogP contribution < -0.4 is 4.72 Å². The number of carbonyl (C=O) groups excluding carboxylic acids is 2. The zero-order valence-electron chi connectivity index (χ0n) is 40.4. The minimum atomic E-state index is -4.72. The molecule has 66 heavy (non-hydrogen) atoms. The van der Waals surface area contributed by atoms with Crippen molar-refractivity contribution in [2.24, 2.45) is 0 Å². The van der Waals surface area contributed by atoms with Crippen LogP contribution in [0.1, 0.15) is 194 Å². The van der Waals surface area contributed by atoms with Crippen molar-refractivity contribution >= 4 is 62.1 Å². The van der Waals surface area contributed by atoms with Crippen LogP contribution in [0.3, 0.4) is 0 Å². The Labute approximate surface area is 396 Å². The Morgan fingerprint density at radius 3 is 1.44 bits per heavy atom. The zero-order chi connectivity index (χ0) is 47.3. The molecule has 0 saturated heterocycles. The van der Waals surface area contributed by atoms with Crippen LogP contribution in [0.2, 0.25) is 0 Å². The number of carbonyl (C=O) groups is 2. The summed E-state index contributed by atoms with van der Waals surface area (Å²) in [6, 6.07) is 17.0. The quantitative estimate of drug-likeness (QED) is 0.0190. The van der Waals surface area contributed by atoms with Gasteiger partial charge in [-0.1, -0.05) is 210 Å². The highest BCUT2D eigenvalue weighted by Gasteiger charge is 2.27. The highest BCUT2D eigenvalue weighted by Crippen LogP contribution is 2.43. The summed E-state index contributed by atoms with van der Waals surface area (Å²) in [7, 11) is -8.74. The molecule has 0 spiro atoms. The SMILES string of the molecule is CCCCCCCCCCCCCCCC(=O)OC[C@H](COP(=O)(O)OCCNS(=O)(=O)c1cc2ccc3cccc4ccc(c1)c2c34)OC(=O)CCCCCCCCCCCCCCC. The van der Waals surface area contributed by atoms with E-state index in [1.54, 1.807) is 12.1 Å². The molecule has 0 fully saturated rings. The van der Waals surface area contributed by atoms with E-state index in [1.165, 1.54) is 116 Å². The third kappa shape index (κ3) is 21.5. The predicted octanol–water partition coefficient (Wildman–Crippen LogP) is 14.4. The Kier molecular flexibility index (Phi) is 26.8. The van der Waals surface area contributed by atoms with E-state index in [0.717, 1.165) is 70.8 Å². The van der Waals surface area contributed by atoms with Crippen LogP contribution in [0.25, 0.3) is 32.3 Å². The molecule has 0 heterocycles. The monoisotopic (exact) mass is 956 g/mol. The summed E-state index contributed by atoms with van der Waals surface area (Å²) >= 11 is 0. The molecule has 370 valence electrons. The van der Waals surface area contributed by atoms with Crippen LogP contribution >= 0.6 is 7.82 Å². The van der Waals surface area contributed by atoms with Gasteiger partial charge >= 0.3 is 19.8 Å². The van der Waals surface area contributed by atoms with E-state index < -0.39 is 49.1 Å². The number of nitrogens with one attached hydrogen (secondary N) is 1. The topological polar surface area (TPSA) is 155 Å². The van der Waals surface area contributed by atoms with Gasteiger partial charge in [0.05, 0.1) is 18.1 Å². The van der Waals surface area contributed by atoms with Crippen molar-refractivity contribution in [1.82, 2.24) is 4.72 Å². The van der Waals surface area contributed by atoms with Gasteiger partial charge in [0.1, 0.15) is 6.61 Å². The standard InChI is InChI=1S/C53H82NO10PS/c1-3-5-7-9-11-13-15-17-19-21-23-25-27-32-50(55)61-42-48(64-51(56)33-28-26-24-22-20-18-16-14-12-10-8-6-4-2)43-63-65(57,58)62-39-38-54-66(59,60)49-40-46-36-34-44-30-29-31-45-35-37-47(41-49)53(46)52(44)45/h29-31,34-37,40-41,48,54H,3-28,32-33,38-39,42-43H2,1-2H3,(H,57,58)/t48-/m1/s1. The van der Waals surface area contributed by atoms with E-state index in [2.05, 4.69) is 18.6 Å². The Morgan fingerprint density at radius 2 is 0.970 bits per heavy atom. The molecule has 0 aliphatic heterocycles. The fourth-order valence-electron chi connectivity index (χ4n) is 8.71. The molecule has 1 unspecified atom stereocenters. The van der Waals surface area contributed by atoms with Crippen LogP contribution in [0.5, 0.6) is 0 Å². The number of ether oxygens (including phenoxy) is 2. The number of benzene rings is 4. The smallest absolute Gasteiger partial charge is 0.462 e. The Bertz CT molecular complexity index is 2060. The average molecular weight is 956 g/mol. The van der Waals surface area contributed by atoms with Gasteiger partial charge in [0, 0.05) is 19.4 Å². The van der Waals surface area contributed by atoms with Gasteiger partial charge in [-0.05, 0) is 57.3 Å². The normalized spacial score (nSPS) is 13.4. The fraction of sp³-hybridized carbons (Fsp3) is 0.660. The second-order valence-electron chi connectivity index (χ2n) is 18.2. The Morgan fingerprint density at radius 1 is 0.561 bits per heavy atom. The molecule has 0 radical (unpaired) electrons. The van der Waals surface area contributed by atoms with Crippen molar-refractivity contribution in [3.05, 3.63) is 54.6 Å². The Balaban J connectivity index is 1.17. The molecular formula is C53H82NO10PS. The van der Waals surface area contributed by atoms with Crippen LogP contribution in [-0.2, 0) is 42.7 Å². The zero-order valence-corrected chi connectivity index (χ0v) is 42.1. The van der Waals surface area contributed by atoms with Crippen LogP contribution in [-0.4, -0.2) is 57.7 Å². The first-order valence-electron chi connectivity index (χ1n) is 25.7. The highest BCUT2D eigenvalue weighted by atomic mass is 32.2. The summed E-state index contributed by atoms with van der Waals surface area (Å²) in [5.41, 5.74) is 0. The van der Waals surface area contributed by atoms with Crippen LogP contribution in [0, 0.1) is 0 Å². The lowest BCUT2D eigenvalue weighted by molar-refractivity contribution is -0.161. The second kappa shape index (κ2) is 31.8. The number of phosphoric acid groups is 1. The highest BCUT2D eigenvalue weighted by molar-refractivity contribution is 7.89. The predicted molar refractivity (Wildman–Crippen MR) is 269 cm³/mol. The number of phosphoric ester groups is 1. The summed E-state index contributed by atoms with van der Waals surface area (Å²) < 4.78 is 63.4. The first-order chi connectivity index (χ1) is 32.0. The molecule has 0 amide bonds. The van der Waals surface area contributed by atoms with Gasteiger partial charge < -0.3 is 14.4 Å². The third-order valence-corrected chi connectivity index (χ3v) is 14.9. The molecule has 0 aliphatic rings. The molecule has 0 aromatic heterocycles. The number of hydrogen-bond donors (Lipinski definition) is 2. The number of sulfonamides is 1. The maximum Gasteiger partial charge on any atom is 0.472 e. The van der Waals surface area contributed by atoms with Crippen molar-refractivity contribution < 1.29 is 46.0 Å². The van der Waals surface area contributed by atoms with Gasteiger partial charge in [0.15, 0.2) is 6.10 Å². The van der Waals surface area contributed by atoms with E-state index in [4.69, 9.17) is 18.5 Å². The van der Waals surface area contributed by atoms with Gasteiger partial charge in [-0.25, -0.2) is 17.7 Å². The molecule has 0 saturated carbocycles. The lowest BCUT2D eigenvalue weighted by atomic mass is 9.94. The van der Waals surface area contributed by atoms with Gasteiger partial charge in [0.2, 0.25) is 10.0 Å². The summed E-state index contributed by atoms with van der Waals surface area (Å²) in [5, 5.41) is 5.77. The fourth-order valence-corrected chi connectivity index (χ4v) is 10.5. The van der Waals surface area contributed by atoms with Crippen molar-refractivity contribution in [3.8, 4) is 0 Å². The third-order valence-electron chi connectivity index (χ3n) is 12.5. The molecule has 2 N–H and O–H groups in total. The summed E-state index contributed by atoms with van der Waals surface area (Å²) in [6.45, 7) is 2.81. The number of unbranched alkanes of at least 4 members (excludes halogenated alkanes) is 24. The number of hydrogen-bond acceptors (Lipinski definition) is 9. The molecule has 0 bridgehead atoms. The molecular weight excluding hydrogens is 874 g/mol. The van der Waals surface area contributed by atoms with Gasteiger partial charge in [-0.3, -0.25) is 18.6 Å². The number of rotatable bonds is 40. The van der Waals surface area contributed by atoms with Crippen LogP contribution in [0.15, 0.2) is 59.5 Å². The lowest BCUT2D eigenvalue weighted by Gasteiger charge is -2.20. The molecule has 2 atom stereocenters. The molecule has 4 aromatic carbocycles. The minimum absolute atomic E-state index is 0.0592. The van der Waals surface area contributed by atoms with Gasteiger partial charge in [-0.2, -0.15) is 0 Å². The van der Waals surface area contributed by atoms with E-state index in [9.17, 15) is 27.5 Å². The van der Waals surface area contributed by atoms with Gasteiger partial charge in [-0.15, -0.1) is 0 Å². The average Bonchev–Trinajstić information content (AvgIpc) is 3.31. The number of esters is 2. The van der Waals surface area contributed by atoms with E-state index in [1.807, 2.05) is 42.5 Å². The van der Waals surface area contributed by atoms with E-state index in [0.29, 0.717) is 12.8 Å². The van der Waals surface area contributed by atoms with Crippen molar-refractivity contribution in [1.29, 1.82) is 0 Å². The Hall–Kier alpha value is -3.12. The maximum atomic E-state index is 13.3. The summed E-state index contributed by atoms with van der Waals surface area (Å²) in [6.07, 6.45) is 30.1. The summed E-state index contributed by atoms with van der Waals surface area (Å²) in [5.74, 6) is -0.939. The minimum Gasteiger partial charge on any atom is -0.462 e. The molecule has 13 heteroatoms. The van der Waals surface area contributed by atoms with Gasteiger partial charge in [0.25, 0.3) is 0 Å². The van der Waals surface area contributed by atoms with Crippen molar-refractivity contribution in [2.75, 3.05) is 26.4 Å². The van der Waals surface area contributed by atoms with Crippen molar-refractivity contribution in [3.63, 3.8) is 0 Å². The van der Waals surface area contributed by atoms with E-state index >= 15 is 0 Å². The lowest BCUT2D eigenvalue weighted by Crippen LogP contribution is -2.30. The second-order valence-corrected chi connectivity index (χ2v) is 21.5. The first-order valence-corrected chi connectivity index (χ1v) is 28.6. The summed E-state index contributed by atoms with van der Waals surface area (Å²) in [4.78, 5) is 36.1. The van der Waals surface area contributed by atoms with E-state index in [-0.39, 0.29) is 30.9 Å².